The maximum Gasteiger partial charge on any atom is 0.261 e. The quantitative estimate of drug-likeness (QED) is 0.770. The molecule has 0 aliphatic rings. The van der Waals surface area contributed by atoms with Crippen LogP contribution < -0.4 is 10.1 Å². The van der Waals surface area contributed by atoms with Gasteiger partial charge in [-0.05, 0) is 31.5 Å². The number of carbonyl (C=O) groups excluding carboxylic acids is 1. The predicted octanol–water partition coefficient (Wildman–Crippen LogP) is 1.26. The number of nitrogens with one attached hydrogen (secondary N) is 1. The van der Waals surface area contributed by atoms with E-state index in [1.54, 1.807) is 38.1 Å². The number of aliphatic hydroxyl groups is 1. The Morgan fingerprint density at radius 1 is 1.44 bits per heavy atom. The first-order chi connectivity index (χ1) is 8.54. The highest BCUT2D eigenvalue weighted by atomic mass is 16.5. The average molecular weight is 247 g/mol. The van der Waals surface area contributed by atoms with Gasteiger partial charge in [-0.2, -0.15) is 0 Å². The normalized spacial score (nSPS) is 13.2. The Labute approximate surface area is 107 Å². The van der Waals surface area contributed by atoms with E-state index in [1.165, 1.54) is 0 Å². The number of aliphatic hydroxyl groups excluding tert-OH is 1. The van der Waals surface area contributed by atoms with Gasteiger partial charge in [0.1, 0.15) is 5.75 Å². The third-order valence-electron chi connectivity index (χ3n) is 2.41. The number of rotatable bonds is 5. The molecule has 18 heavy (non-hydrogen) atoms. The van der Waals surface area contributed by atoms with E-state index in [0.717, 1.165) is 5.56 Å². The summed E-state index contributed by atoms with van der Waals surface area (Å²) in [6.07, 6.45) is 3.91. The standard InChI is InChI=1S/C14H17NO3/c1-4-9-15-14(17)11(3)18-13-7-5-12(6-8-13)10(2)16/h1,5-8,10-11,16H,9H2,2-3H3,(H,15,17)/t10-,11?/m1/s1. The van der Waals surface area contributed by atoms with E-state index >= 15 is 0 Å². The summed E-state index contributed by atoms with van der Waals surface area (Å²) >= 11 is 0. The van der Waals surface area contributed by atoms with Crippen molar-refractivity contribution in [2.75, 3.05) is 6.54 Å². The first-order valence-corrected chi connectivity index (χ1v) is 5.70. The molecule has 0 spiro atoms. The van der Waals surface area contributed by atoms with Crippen molar-refractivity contribution < 1.29 is 14.6 Å². The largest absolute Gasteiger partial charge is 0.481 e. The third kappa shape index (κ3) is 4.11. The number of carbonyl (C=O) groups is 1. The zero-order valence-electron chi connectivity index (χ0n) is 10.5. The summed E-state index contributed by atoms with van der Waals surface area (Å²) in [5, 5.41) is 11.9. The van der Waals surface area contributed by atoms with Crippen molar-refractivity contribution in [3.8, 4) is 18.1 Å². The van der Waals surface area contributed by atoms with Gasteiger partial charge in [-0.15, -0.1) is 6.42 Å². The van der Waals surface area contributed by atoms with Crippen LogP contribution in [0.2, 0.25) is 0 Å². The number of ether oxygens (including phenoxy) is 1. The molecule has 2 N–H and O–H groups in total. The van der Waals surface area contributed by atoms with Crippen molar-refractivity contribution in [3.05, 3.63) is 29.8 Å². The minimum atomic E-state index is -0.615. The van der Waals surface area contributed by atoms with Crippen molar-refractivity contribution in [2.24, 2.45) is 0 Å². The molecule has 96 valence electrons. The van der Waals surface area contributed by atoms with E-state index < -0.39 is 12.2 Å². The molecule has 2 atom stereocenters. The second kappa shape index (κ2) is 6.67. The van der Waals surface area contributed by atoms with E-state index in [-0.39, 0.29) is 12.5 Å². The molecule has 4 nitrogen and oxygen atoms in total. The van der Waals surface area contributed by atoms with E-state index in [9.17, 15) is 9.90 Å². The molecule has 0 saturated carbocycles. The Morgan fingerprint density at radius 3 is 2.56 bits per heavy atom. The molecule has 0 heterocycles. The average Bonchev–Trinajstić information content (AvgIpc) is 2.36. The molecular weight excluding hydrogens is 230 g/mol. The number of amides is 1. The van der Waals surface area contributed by atoms with Gasteiger partial charge in [-0.3, -0.25) is 4.79 Å². The van der Waals surface area contributed by atoms with Crippen LogP contribution in [0.25, 0.3) is 0 Å². The molecule has 0 fully saturated rings. The lowest BCUT2D eigenvalue weighted by Gasteiger charge is -2.14. The number of benzene rings is 1. The molecule has 0 saturated heterocycles. The summed E-state index contributed by atoms with van der Waals surface area (Å²) in [6, 6.07) is 6.94. The van der Waals surface area contributed by atoms with Gasteiger partial charge in [-0.1, -0.05) is 18.1 Å². The van der Waals surface area contributed by atoms with Crippen molar-refractivity contribution in [3.63, 3.8) is 0 Å². The Hall–Kier alpha value is -1.99. The van der Waals surface area contributed by atoms with Crippen molar-refractivity contribution >= 4 is 5.91 Å². The molecule has 1 amide bonds. The van der Waals surface area contributed by atoms with Gasteiger partial charge in [0.2, 0.25) is 0 Å². The number of hydrogen-bond acceptors (Lipinski definition) is 3. The zero-order chi connectivity index (χ0) is 13.5. The second-order valence-electron chi connectivity index (χ2n) is 3.93. The predicted molar refractivity (Wildman–Crippen MR) is 69.0 cm³/mol. The molecule has 0 bridgehead atoms. The lowest BCUT2D eigenvalue weighted by Crippen LogP contribution is -2.36. The van der Waals surface area contributed by atoms with Gasteiger partial charge in [0.25, 0.3) is 5.91 Å². The van der Waals surface area contributed by atoms with Gasteiger partial charge >= 0.3 is 0 Å². The first kappa shape index (κ1) is 14.1. The topological polar surface area (TPSA) is 58.6 Å². The molecule has 1 unspecified atom stereocenters. The second-order valence-corrected chi connectivity index (χ2v) is 3.93. The van der Waals surface area contributed by atoms with Crippen LogP contribution in [0.4, 0.5) is 0 Å². The van der Waals surface area contributed by atoms with Gasteiger partial charge in [0, 0.05) is 0 Å². The highest BCUT2D eigenvalue weighted by molar-refractivity contribution is 5.80. The lowest BCUT2D eigenvalue weighted by atomic mass is 10.1. The Balaban J connectivity index is 2.57. The van der Waals surface area contributed by atoms with Crippen LogP contribution in [0.15, 0.2) is 24.3 Å². The fourth-order valence-corrected chi connectivity index (χ4v) is 1.36. The van der Waals surface area contributed by atoms with Gasteiger partial charge in [-0.25, -0.2) is 0 Å². The van der Waals surface area contributed by atoms with Crippen LogP contribution in [0.5, 0.6) is 5.75 Å². The molecule has 0 radical (unpaired) electrons. The monoisotopic (exact) mass is 247 g/mol. The fraction of sp³-hybridized carbons (Fsp3) is 0.357. The molecule has 0 aromatic heterocycles. The summed E-state index contributed by atoms with van der Waals surface area (Å²) in [6.45, 7) is 3.52. The Kier molecular flexibility index (Phi) is 5.22. The molecule has 1 aromatic rings. The number of hydrogen-bond donors (Lipinski definition) is 2. The number of terminal acetylenes is 1. The summed E-state index contributed by atoms with van der Waals surface area (Å²) in [5.74, 6) is 2.64. The first-order valence-electron chi connectivity index (χ1n) is 5.70. The molecule has 1 aromatic carbocycles. The van der Waals surface area contributed by atoms with Crippen LogP contribution in [-0.4, -0.2) is 23.7 Å². The van der Waals surface area contributed by atoms with Crippen molar-refractivity contribution in [1.29, 1.82) is 0 Å². The molecule has 1 rings (SSSR count). The van der Waals surface area contributed by atoms with Crippen LogP contribution in [-0.2, 0) is 4.79 Å². The smallest absolute Gasteiger partial charge is 0.261 e. The van der Waals surface area contributed by atoms with Crippen molar-refractivity contribution in [1.82, 2.24) is 5.32 Å². The van der Waals surface area contributed by atoms with E-state index in [0.29, 0.717) is 5.75 Å². The van der Waals surface area contributed by atoms with Crippen LogP contribution in [0.3, 0.4) is 0 Å². The molecule has 0 aliphatic carbocycles. The Morgan fingerprint density at radius 2 is 2.06 bits per heavy atom. The third-order valence-corrected chi connectivity index (χ3v) is 2.41. The van der Waals surface area contributed by atoms with E-state index in [2.05, 4.69) is 11.2 Å². The van der Waals surface area contributed by atoms with Gasteiger partial charge < -0.3 is 15.2 Å². The van der Waals surface area contributed by atoms with Gasteiger partial charge in [0.15, 0.2) is 6.10 Å². The SMILES string of the molecule is C#CCNC(=O)C(C)Oc1ccc([C@@H](C)O)cc1. The maximum absolute atomic E-state index is 11.5. The Bertz CT molecular complexity index is 431. The highest BCUT2D eigenvalue weighted by Gasteiger charge is 2.13. The van der Waals surface area contributed by atoms with Crippen molar-refractivity contribution in [2.45, 2.75) is 26.1 Å². The van der Waals surface area contributed by atoms with Gasteiger partial charge in [0.05, 0.1) is 12.6 Å². The minimum Gasteiger partial charge on any atom is -0.481 e. The lowest BCUT2D eigenvalue weighted by molar-refractivity contribution is -0.126. The van der Waals surface area contributed by atoms with Crippen LogP contribution in [0, 0.1) is 12.3 Å². The van der Waals surface area contributed by atoms with E-state index in [4.69, 9.17) is 11.2 Å². The highest BCUT2D eigenvalue weighted by Crippen LogP contribution is 2.18. The molecule has 4 heteroatoms. The summed E-state index contributed by atoms with van der Waals surface area (Å²) in [4.78, 5) is 11.5. The van der Waals surface area contributed by atoms with Crippen LogP contribution >= 0.6 is 0 Å². The van der Waals surface area contributed by atoms with E-state index in [1.807, 2.05) is 0 Å². The molecule has 0 aliphatic heterocycles. The summed E-state index contributed by atoms with van der Waals surface area (Å²) in [7, 11) is 0. The maximum atomic E-state index is 11.5. The molecular formula is C14H17NO3. The zero-order valence-corrected chi connectivity index (χ0v) is 10.5. The van der Waals surface area contributed by atoms with Crippen LogP contribution in [0.1, 0.15) is 25.5 Å². The minimum absolute atomic E-state index is 0.188. The summed E-state index contributed by atoms with van der Waals surface area (Å²) in [5.41, 5.74) is 0.798. The summed E-state index contributed by atoms with van der Waals surface area (Å²) < 4.78 is 5.45. The fourth-order valence-electron chi connectivity index (χ4n) is 1.36.